The van der Waals surface area contributed by atoms with Crippen LogP contribution in [0, 0.1) is 10.1 Å². The first-order valence-corrected chi connectivity index (χ1v) is 3.38. The first-order valence-electron chi connectivity index (χ1n) is 3.38. The highest BCUT2D eigenvalue weighted by molar-refractivity contribution is 5.40. The van der Waals surface area contributed by atoms with E-state index in [1.807, 2.05) is 0 Å². The summed E-state index contributed by atoms with van der Waals surface area (Å²) >= 11 is 0. The number of carbonyl (C=O) groups excluding carboxylic acids is 1. The number of hydrogen-bond acceptors (Lipinski definition) is 4. The van der Waals surface area contributed by atoms with Gasteiger partial charge in [-0.15, -0.1) is 0 Å². The predicted octanol–water partition coefficient (Wildman–Crippen LogP) is 0.998. The van der Waals surface area contributed by atoms with Crippen LogP contribution in [0.4, 0.5) is 0 Å². The van der Waals surface area contributed by atoms with E-state index in [0.717, 1.165) is 0 Å². The number of nitrogens with zero attached hydrogens (tertiary/aromatic N) is 1. The molecule has 0 N–H and O–H groups in total. The van der Waals surface area contributed by atoms with E-state index in [4.69, 9.17) is 0 Å². The van der Waals surface area contributed by atoms with Crippen molar-refractivity contribution in [3.8, 4) is 0 Å². The lowest BCUT2D eigenvalue weighted by Crippen LogP contribution is -2.03. The van der Waals surface area contributed by atoms with Crippen LogP contribution < -0.4 is 0 Å². The summed E-state index contributed by atoms with van der Waals surface area (Å²) in [6.07, 6.45) is 3.51. The second-order valence-corrected chi connectivity index (χ2v) is 2.26. The Labute approximate surface area is 68.5 Å². The van der Waals surface area contributed by atoms with Crippen LogP contribution in [-0.2, 0) is 9.53 Å². The van der Waals surface area contributed by atoms with Gasteiger partial charge in [0.25, 0.3) is 6.47 Å². The zero-order chi connectivity index (χ0) is 8.97. The van der Waals surface area contributed by atoms with Gasteiger partial charge in [0.15, 0.2) is 0 Å². The Bertz CT molecular complexity index is 267. The van der Waals surface area contributed by atoms with Gasteiger partial charge in [0.05, 0.1) is 4.92 Å². The molecular weight excluding hydrogens is 162 g/mol. The van der Waals surface area contributed by atoms with Crippen molar-refractivity contribution in [2.24, 2.45) is 0 Å². The van der Waals surface area contributed by atoms with Crippen molar-refractivity contribution < 1.29 is 14.5 Å². The molecule has 5 heteroatoms. The van der Waals surface area contributed by atoms with Gasteiger partial charge < -0.3 is 4.74 Å². The average Bonchev–Trinajstić information content (AvgIpc) is 2.06. The van der Waals surface area contributed by atoms with Gasteiger partial charge in [-0.05, 0) is 6.08 Å². The maximum absolute atomic E-state index is 10.2. The third-order valence-corrected chi connectivity index (χ3v) is 1.52. The molecule has 12 heavy (non-hydrogen) atoms. The van der Waals surface area contributed by atoms with Crippen LogP contribution in [0.2, 0.25) is 0 Å². The SMILES string of the molecule is O=COC1=CC=C([N+](=O)[O-])CC1. The second kappa shape index (κ2) is 3.66. The summed E-state index contributed by atoms with van der Waals surface area (Å²) < 4.78 is 4.52. The van der Waals surface area contributed by atoms with E-state index in [1.54, 1.807) is 0 Å². The molecule has 0 aromatic rings. The van der Waals surface area contributed by atoms with E-state index in [0.29, 0.717) is 25.1 Å². The molecule has 0 bridgehead atoms. The second-order valence-electron chi connectivity index (χ2n) is 2.26. The molecule has 0 saturated heterocycles. The van der Waals surface area contributed by atoms with Crippen LogP contribution in [-0.4, -0.2) is 11.4 Å². The Balaban J connectivity index is 2.66. The van der Waals surface area contributed by atoms with Crippen LogP contribution in [0.3, 0.4) is 0 Å². The van der Waals surface area contributed by atoms with Crippen molar-refractivity contribution in [3.05, 3.63) is 33.7 Å². The third-order valence-electron chi connectivity index (χ3n) is 1.52. The molecule has 0 spiro atoms. The molecule has 1 aliphatic carbocycles. The number of nitro groups is 1. The van der Waals surface area contributed by atoms with E-state index in [-0.39, 0.29) is 5.70 Å². The van der Waals surface area contributed by atoms with Gasteiger partial charge in [0.1, 0.15) is 5.76 Å². The molecular formula is C7H7NO4. The molecule has 1 rings (SSSR count). The number of carbonyl (C=O) groups is 1. The lowest BCUT2D eigenvalue weighted by Gasteiger charge is -2.06. The fraction of sp³-hybridized carbons (Fsp3) is 0.286. The largest absolute Gasteiger partial charge is 0.433 e. The van der Waals surface area contributed by atoms with Gasteiger partial charge in [0, 0.05) is 18.9 Å². The standard InChI is InChI=1S/C7H7NO4/c9-5-12-7-3-1-6(2-4-7)8(10)11/h1,3,5H,2,4H2. The Morgan fingerprint density at radius 3 is 2.67 bits per heavy atom. The zero-order valence-electron chi connectivity index (χ0n) is 6.23. The molecule has 0 radical (unpaired) electrons. The van der Waals surface area contributed by atoms with Crippen LogP contribution in [0.15, 0.2) is 23.6 Å². The third kappa shape index (κ3) is 1.91. The van der Waals surface area contributed by atoms with Crippen LogP contribution >= 0.6 is 0 Å². The summed E-state index contributed by atoms with van der Waals surface area (Å²) in [7, 11) is 0. The van der Waals surface area contributed by atoms with Gasteiger partial charge in [-0.25, -0.2) is 0 Å². The molecule has 0 aromatic carbocycles. The summed E-state index contributed by atoms with van der Waals surface area (Å²) in [5, 5.41) is 10.2. The van der Waals surface area contributed by atoms with Crippen molar-refractivity contribution in [3.63, 3.8) is 0 Å². The first kappa shape index (κ1) is 8.45. The molecule has 0 atom stereocenters. The predicted molar refractivity (Wildman–Crippen MR) is 39.5 cm³/mol. The molecule has 0 amide bonds. The molecule has 1 aliphatic rings. The zero-order valence-corrected chi connectivity index (χ0v) is 6.23. The maximum Gasteiger partial charge on any atom is 0.298 e. The molecule has 0 aliphatic heterocycles. The van der Waals surface area contributed by atoms with Crippen LogP contribution in [0.1, 0.15) is 12.8 Å². The Morgan fingerprint density at radius 1 is 1.50 bits per heavy atom. The van der Waals surface area contributed by atoms with E-state index in [2.05, 4.69) is 4.74 Å². The smallest absolute Gasteiger partial charge is 0.298 e. The number of allylic oxidation sites excluding steroid dienone is 4. The minimum atomic E-state index is -0.436. The van der Waals surface area contributed by atoms with Crippen molar-refractivity contribution in [2.75, 3.05) is 0 Å². The van der Waals surface area contributed by atoms with Gasteiger partial charge >= 0.3 is 0 Å². The van der Waals surface area contributed by atoms with E-state index < -0.39 is 4.92 Å². The van der Waals surface area contributed by atoms with Crippen molar-refractivity contribution in [1.82, 2.24) is 0 Å². The van der Waals surface area contributed by atoms with E-state index >= 15 is 0 Å². The minimum Gasteiger partial charge on any atom is -0.433 e. The first-order chi connectivity index (χ1) is 5.74. The summed E-state index contributed by atoms with van der Waals surface area (Å²) in [5.41, 5.74) is 0.147. The Morgan fingerprint density at radius 2 is 2.25 bits per heavy atom. The normalized spacial score (nSPS) is 16.0. The highest BCUT2D eigenvalue weighted by Gasteiger charge is 2.15. The summed E-state index contributed by atoms with van der Waals surface area (Å²) in [4.78, 5) is 19.7. The highest BCUT2D eigenvalue weighted by atomic mass is 16.6. The van der Waals surface area contributed by atoms with Gasteiger partial charge in [-0.1, -0.05) is 0 Å². The minimum absolute atomic E-state index is 0.147. The van der Waals surface area contributed by atoms with Gasteiger partial charge in [-0.2, -0.15) is 0 Å². The van der Waals surface area contributed by atoms with Crippen LogP contribution in [0.5, 0.6) is 0 Å². The maximum atomic E-state index is 10.2. The average molecular weight is 169 g/mol. The lowest BCUT2D eigenvalue weighted by atomic mass is 10.1. The fourth-order valence-electron chi connectivity index (χ4n) is 0.919. The summed E-state index contributed by atoms with van der Waals surface area (Å²) in [5.74, 6) is 0.468. The van der Waals surface area contributed by atoms with E-state index in [1.165, 1.54) is 12.2 Å². The quantitative estimate of drug-likeness (QED) is 0.359. The topological polar surface area (TPSA) is 69.4 Å². The Hall–Kier alpha value is -1.65. The molecule has 0 heterocycles. The lowest BCUT2D eigenvalue weighted by molar-refractivity contribution is -0.428. The number of hydrogen-bond donors (Lipinski definition) is 0. The van der Waals surface area contributed by atoms with Crippen molar-refractivity contribution in [1.29, 1.82) is 0 Å². The summed E-state index contributed by atoms with van der Waals surface area (Å²) in [6, 6.07) is 0. The molecule has 0 aromatic heterocycles. The molecule has 0 saturated carbocycles. The Kier molecular flexibility index (Phi) is 2.57. The molecule has 0 unspecified atom stereocenters. The monoisotopic (exact) mass is 169 g/mol. The number of rotatable bonds is 3. The molecule has 5 nitrogen and oxygen atoms in total. The van der Waals surface area contributed by atoms with Crippen molar-refractivity contribution in [2.45, 2.75) is 12.8 Å². The van der Waals surface area contributed by atoms with Crippen molar-refractivity contribution >= 4 is 6.47 Å². The molecule has 64 valence electrons. The summed E-state index contributed by atoms with van der Waals surface area (Å²) in [6.45, 7) is 0.316. The van der Waals surface area contributed by atoms with Crippen LogP contribution in [0.25, 0.3) is 0 Å². The molecule has 0 fully saturated rings. The van der Waals surface area contributed by atoms with Gasteiger partial charge in [0.2, 0.25) is 5.70 Å². The fourth-order valence-corrected chi connectivity index (χ4v) is 0.919. The highest BCUT2D eigenvalue weighted by Crippen LogP contribution is 2.18. The van der Waals surface area contributed by atoms with E-state index in [9.17, 15) is 14.9 Å². The number of ether oxygens (including phenoxy) is 1. The van der Waals surface area contributed by atoms with Gasteiger partial charge in [-0.3, -0.25) is 14.9 Å².